The zero-order valence-electron chi connectivity index (χ0n) is 24.3. The summed E-state index contributed by atoms with van der Waals surface area (Å²) in [5, 5.41) is 10.5. The lowest BCUT2D eigenvalue weighted by Gasteiger charge is -2.45. The third-order valence-electron chi connectivity index (χ3n) is 8.26. The van der Waals surface area contributed by atoms with Gasteiger partial charge in [0.15, 0.2) is 11.6 Å². The Morgan fingerprint density at radius 2 is 1.58 bits per heavy atom. The molecule has 3 atom stereocenters. The lowest BCUT2D eigenvalue weighted by atomic mass is 9.82. The van der Waals surface area contributed by atoms with E-state index in [4.69, 9.17) is 9.41 Å². The second-order valence-corrected chi connectivity index (χ2v) is 17.9. The zero-order valence-corrected chi connectivity index (χ0v) is 25.3. The number of carbonyl (C=O) groups is 1. The van der Waals surface area contributed by atoms with Crippen LogP contribution >= 0.6 is 0 Å². The number of aromatic nitrogens is 1. The van der Waals surface area contributed by atoms with E-state index >= 15 is 4.39 Å². The van der Waals surface area contributed by atoms with E-state index in [0.29, 0.717) is 40.7 Å². The number of hydrogen-bond acceptors (Lipinski definition) is 3. The molecule has 1 heterocycles. The summed E-state index contributed by atoms with van der Waals surface area (Å²) < 4.78 is 37.0. The van der Waals surface area contributed by atoms with Crippen molar-refractivity contribution in [2.24, 2.45) is 0 Å². The molecule has 210 valence electrons. The lowest BCUT2D eigenvalue weighted by Crippen LogP contribution is -2.49. The number of nitrogens with zero attached hydrogens (tertiary/aromatic N) is 2. The maximum atomic E-state index is 15.3. The van der Waals surface area contributed by atoms with Crippen LogP contribution < -0.4 is 0 Å². The highest BCUT2D eigenvalue weighted by atomic mass is 28.4. The fourth-order valence-electron chi connectivity index (χ4n) is 6.84. The molecule has 8 heteroatoms. The van der Waals surface area contributed by atoms with Crippen molar-refractivity contribution in [2.75, 3.05) is 0 Å². The average Bonchev–Trinajstić information content (AvgIpc) is 2.95. The van der Waals surface area contributed by atoms with Crippen molar-refractivity contribution >= 4 is 14.4 Å². The number of halogens is 2. The molecule has 1 aromatic carbocycles. The first kappa shape index (κ1) is 30.2. The maximum absolute atomic E-state index is 15.3. The largest absolute Gasteiger partial charge is 0.465 e. The van der Waals surface area contributed by atoms with Gasteiger partial charge in [0.05, 0.1) is 17.8 Å². The Hall–Kier alpha value is -2.32. The predicted octanol–water partition coefficient (Wildman–Crippen LogP) is 8.99. The summed E-state index contributed by atoms with van der Waals surface area (Å²) in [6, 6.07) is 7.06. The highest BCUT2D eigenvalue weighted by Gasteiger charge is 2.49. The number of benzene rings is 1. The van der Waals surface area contributed by atoms with Crippen LogP contribution in [0.1, 0.15) is 110 Å². The Balaban J connectivity index is 2.30. The number of carboxylic acid groups (broad SMARTS) is 1. The summed E-state index contributed by atoms with van der Waals surface area (Å²) in [7, 11) is -2.34. The third kappa shape index (κ3) is 5.52. The SMILES string of the molecule is CC(C)[Si](O[C@@H]1CC[C@@H](c2cccc(F)c2F)[C@H](N(C(=O)O)C(C)(C)C)c2cccnc21)(C(C)C)C(C)C. The van der Waals surface area contributed by atoms with Crippen LogP contribution in [-0.2, 0) is 4.43 Å². The van der Waals surface area contributed by atoms with Gasteiger partial charge < -0.3 is 9.53 Å². The van der Waals surface area contributed by atoms with Crippen molar-refractivity contribution < 1.29 is 23.1 Å². The number of amides is 1. The molecule has 0 unspecified atom stereocenters. The Kier molecular flexibility index (Phi) is 9.08. The Labute approximate surface area is 227 Å². The zero-order chi connectivity index (χ0) is 28.6. The number of fused-ring (bicyclic) bond motifs is 1. The minimum Gasteiger partial charge on any atom is -0.465 e. The monoisotopic (exact) mass is 546 g/mol. The summed E-state index contributed by atoms with van der Waals surface area (Å²) in [6.07, 6.45) is 1.17. The van der Waals surface area contributed by atoms with Gasteiger partial charge in [-0.3, -0.25) is 9.88 Å². The molecule has 1 N–H and O–H groups in total. The molecular weight excluding hydrogens is 502 g/mol. The Morgan fingerprint density at radius 3 is 2.11 bits per heavy atom. The first-order valence-corrected chi connectivity index (χ1v) is 15.9. The summed E-state index contributed by atoms with van der Waals surface area (Å²) in [5.74, 6) is -2.49. The smallest absolute Gasteiger partial charge is 0.408 e. The molecule has 0 aliphatic heterocycles. The molecule has 3 rings (SSSR count). The van der Waals surface area contributed by atoms with Crippen molar-refractivity contribution in [2.45, 2.75) is 115 Å². The van der Waals surface area contributed by atoms with E-state index in [1.54, 1.807) is 18.3 Å². The van der Waals surface area contributed by atoms with Crippen molar-refractivity contribution in [3.05, 3.63) is 65.0 Å². The van der Waals surface area contributed by atoms with Crippen LogP contribution in [0, 0.1) is 11.6 Å². The van der Waals surface area contributed by atoms with Gasteiger partial charge in [-0.15, -0.1) is 0 Å². The van der Waals surface area contributed by atoms with E-state index in [-0.39, 0.29) is 11.7 Å². The van der Waals surface area contributed by atoms with E-state index in [1.807, 2.05) is 26.8 Å². The molecule has 1 aromatic heterocycles. The molecule has 0 spiro atoms. The number of rotatable bonds is 7. The van der Waals surface area contributed by atoms with Gasteiger partial charge in [-0.2, -0.15) is 0 Å². The van der Waals surface area contributed by atoms with Crippen LogP contribution in [-0.4, -0.2) is 34.9 Å². The summed E-state index contributed by atoms with van der Waals surface area (Å²) in [5.41, 5.74) is 1.80. The normalized spacial score (nSPS) is 20.5. The quantitative estimate of drug-likeness (QED) is 0.278. The van der Waals surface area contributed by atoms with Crippen LogP contribution in [0.5, 0.6) is 0 Å². The van der Waals surface area contributed by atoms with Gasteiger partial charge in [0, 0.05) is 17.7 Å². The van der Waals surface area contributed by atoms with Crippen molar-refractivity contribution in [3.63, 3.8) is 0 Å². The van der Waals surface area contributed by atoms with Gasteiger partial charge in [-0.1, -0.05) is 59.7 Å². The number of hydrogen-bond donors (Lipinski definition) is 1. The molecule has 0 saturated heterocycles. The fraction of sp³-hybridized carbons (Fsp3) is 0.600. The topological polar surface area (TPSA) is 62.7 Å². The first-order chi connectivity index (χ1) is 17.6. The first-order valence-electron chi connectivity index (χ1n) is 13.7. The molecule has 0 bridgehead atoms. The Morgan fingerprint density at radius 1 is 1.00 bits per heavy atom. The summed E-state index contributed by atoms with van der Waals surface area (Å²) >= 11 is 0. The van der Waals surface area contributed by atoms with E-state index in [1.165, 1.54) is 11.0 Å². The van der Waals surface area contributed by atoms with Gasteiger partial charge in [-0.25, -0.2) is 13.6 Å². The molecular formula is C30H44F2N2O3Si. The molecule has 0 saturated carbocycles. The fourth-order valence-corrected chi connectivity index (χ4v) is 12.4. The van der Waals surface area contributed by atoms with Crippen molar-refractivity contribution in [1.29, 1.82) is 0 Å². The Bertz CT molecular complexity index is 1110. The summed E-state index contributed by atoms with van der Waals surface area (Å²) in [4.78, 5) is 18.9. The summed E-state index contributed by atoms with van der Waals surface area (Å²) in [6.45, 7) is 18.8. The van der Waals surface area contributed by atoms with Gasteiger partial charge in [0.2, 0.25) is 8.32 Å². The minimum absolute atomic E-state index is 0.182. The van der Waals surface area contributed by atoms with Crippen LogP contribution in [0.4, 0.5) is 13.6 Å². The molecule has 1 amide bonds. The van der Waals surface area contributed by atoms with Crippen molar-refractivity contribution in [3.8, 4) is 0 Å². The van der Waals surface area contributed by atoms with E-state index in [9.17, 15) is 14.3 Å². The predicted molar refractivity (Wildman–Crippen MR) is 150 cm³/mol. The van der Waals surface area contributed by atoms with Gasteiger partial charge in [-0.05, 0) is 73.5 Å². The molecule has 2 aromatic rings. The van der Waals surface area contributed by atoms with Crippen LogP contribution in [0.3, 0.4) is 0 Å². The second-order valence-electron chi connectivity index (χ2n) is 12.5. The molecule has 1 aliphatic rings. The van der Waals surface area contributed by atoms with Crippen molar-refractivity contribution in [1.82, 2.24) is 9.88 Å². The van der Waals surface area contributed by atoms with Gasteiger partial charge in [0.1, 0.15) is 0 Å². The van der Waals surface area contributed by atoms with E-state index in [0.717, 1.165) is 6.07 Å². The molecule has 1 aliphatic carbocycles. The maximum Gasteiger partial charge on any atom is 0.408 e. The molecule has 5 nitrogen and oxygen atoms in total. The van der Waals surface area contributed by atoms with E-state index in [2.05, 4.69) is 41.5 Å². The highest BCUT2D eigenvalue weighted by molar-refractivity contribution is 6.77. The highest BCUT2D eigenvalue weighted by Crippen LogP contribution is 2.52. The molecule has 0 fully saturated rings. The number of pyridine rings is 1. The van der Waals surface area contributed by atoms with Crippen LogP contribution in [0.25, 0.3) is 0 Å². The molecule has 38 heavy (non-hydrogen) atoms. The van der Waals surface area contributed by atoms with E-state index < -0.39 is 43.5 Å². The van der Waals surface area contributed by atoms with Crippen LogP contribution in [0.2, 0.25) is 16.6 Å². The minimum atomic E-state index is -2.34. The third-order valence-corrected chi connectivity index (χ3v) is 14.4. The second kappa shape index (κ2) is 11.4. The van der Waals surface area contributed by atoms with Gasteiger partial charge >= 0.3 is 6.09 Å². The molecule has 0 radical (unpaired) electrons. The van der Waals surface area contributed by atoms with Crippen LogP contribution in [0.15, 0.2) is 36.5 Å². The lowest BCUT2D eigenvalue weighted by molar-refractivity contribution is 0.0584. The van der Waals surface area contributed by atoms with Gasteiger partial charge in [0.25, 0.3) is 0 Å². The standard InChI is InChI=1S/C30H44F2N2O3Si/c1-18(2)38(19(3)4,20(5)6)37-25-16-15-22(21-12-10-14-24(31)26(21)32)28(23-13-11-17-33-27(23)25)34(29(35)36)30(7,8)9/h10-14,17-20,22,25,28H,15-16H2,1-9H3,(H,35,36)/t22-,25+,28-/m0/s1. The average molecular weight is 547 g/mol.